The van der Waals surface area contributed by atoms with E-state index in [0.29, 0.717) is 5.56 Å². The molecular weight excluding hydrogens is 230 g/mol. The molecule has 1 aromatic heterocycles. The molecule has 1 heterocycles. The van der Waals surface area contributed by atoms with E-state index in [1.165, 1.54) is 6.20 Å². The molecule has 0 unspecified atom stereocenters. The highest BCUT2D eigenvalue weighted by Gasteiger charge is 2.16. The zero-order chi connectivity index (χ0) is 13.3. The van der Waals surface area contributed by atoms with E-state index in [0.717, 1.165) is 16.7 Å². The fourth-order valence-electron chi connectivity index (χ4n) is 2.03. The number of carboxylic acid groups (broad SMARTS) is 1. The van der Waals surface area contributed by atoms with E-state index in [2.05, 4.69) is 4.98 Å². The van der Waals surface area contributed by atoms with Crippen LogP contribution in [0.5, 0.6) is 0 Å². The molecule has 0 saturated heterocycles. The van der Waals surface area contributed by atoms with Gasteiger partial charge in [0, 0.05) is 11.8 Å². The first-order valence-electron chi connectivity index (χ1n) is 5.53. The van der Waals surface area contributed by atoms with Gasteiger partial charge in [0.15, 0.2) is 0 Å². The molecule has 0 bridgehead atoms. The Morgan fingerprint density at radius 2 is 1.89 bits per heavy atom. The maximum Gasteiger partial charge on any atom is 0.341 e. The Kier molecular flexibility index (Phi) is 3.02. The van der Waals surface area contributed by atoms with Gasteiger partial charge in [-0.25, -0.2) is 4.79 Å². The van der Waals surface area contributed by atoms with Crippen molar-refractivity contribution in [3.8, 4) is 11.1 Å². The Morgan fingerprint density at radius 3 is 2.50 bits per heavy atom. The molecule has 0 radical (unpaired) electrons. The van der Waals surface area contributed by atoms with Crippen LogP contribution >= 0.6 is 0 Å². The second kappa shape index (κ2) is 4.49. The third-order valence-corrected chi connectivity index (χ3v) is 2.85. The number of rotatable bonds is 2. The minimum Gasteiger partial charge on any atom is -0.477 e. The third kappa shape index (κ3) is 2.05. The Morgan fingerprint density at radius 1 is 1.17 bits per heavy atom. The number of hydrogen-bond acceptors (Lipinski definition) is 2. The number of aromatic carboxylic acids is 1. The van der Waals surface area contributed by atoms with Gasteiger partial charge in [0.1, 0.15) is 5.56 Å². The number of aromatic nitrogens is 1. The van der Waals surface area contributed by atoms with Crippen molar-refractivity contribution in [1.82, 2.24) is 4.98 Å². The van der Waals surface area contributed by atoms with Crippen LogP contribution in [0.4, 0.5) is 0 Å². The van der Waals surface area contributed by atoms with E-state index >= 15 is 0 Å². The van der Waals surface area contributed by atoms with Crippen molar-refractivity contribution in [3.63, 3.8) is 0 Å². The lowest BCUT2D eigenvalue weighted by molar-refractivity contribution is 0.0696. The molecule has 0 amide bonds. The van der Waals surface area contributed by atoms with Crippen LogP contribution in [0.1, 0.15) is 21.5 Å². The van der Waals surface area contributed by atoms with Gasteiger partial charge in [-0.2, -0.15) is 0 Å². The second-order valence-corrected chi connectivity index (χ2v) is 4.22. The van der Waals surface area contributed by atoms with Crippen LogP contribution in [0.3, 0.4) is 0 Å². The van der Waals surface area contributed by atoms with Crippen molar-refractivity contribution >= 4 is 5.97 Å². The lowest BCUT2D eigenvalue weighted by atomic mass is 9.96. The van der Waals surface area contributed by atoms with Gasteiger partial charge in [-0.1, -0.05) is 23.8 Å². The fraction of sp³-hybridized carbons (Fsp3) is 0.143. The molecule has 4 nitrogen and oxygen atoms in total. The molecule has 18 heavy (non-hydrogen) atoms. The van der Waals surface area contributed by atoms with Crippen molar-refractivity contribution in [2.45, 2.75) is 13.8 Å². The van der Waals surface area contributed by atoms with Crippen LogP contribution in [-0.4, -0.2) is 16.1 Å². The van der Waals surface area contributed by atoms with Crippen molar-refractivity contribution in [3.05, 3.63) is 57.5 Å². The van der Waals surface area contributed by atoms with E-state index < -0.39 is 11.5 Å². The third-order valence-electron chi connectivity index (χ3n) is 2.85. The zero-order valence-electron chi connectivity index (χ0n) is 10.2. The summed E-state index contributed by atoms with van der Waals surface area (Å²) in [5.41, 5.74) is 2.46. The molecule has 2 N–H and O–H groups in total. The number of pyridine rings is 1. The molecule has 0 aliphatic rings. The van der Waals surface area contributed by atoms with Crippen molar-refractivity contribution in [2.75, 3.05) is 0 Å². The SMILES string of the molecule is Cc1ccc(-c2cc[nH]c(=O)c2C(=O)O)c(C)c1. The molecule has 0 spiro atoms. The van der Waals surface area contributed by atoms with E-state index in [-0.39, 0.29) is 5.56 Å². The minimum atomic E-state index is -1.22. The topological polar surface area (TPSA) is 70.2 Å². The van der Waals surface area contributed by atoms with Gasteiger partial charge in [0.05, 0.1) is 0 Å². The number of hydrogen-bond donors (Lipinski definition) is 2. The maximum absolute atomic E-state index is 11.6. The van der Waals surface area contributed by atoms with Crippen LogP contribution in [0, 0.1) is 13.8 Å². The van der Waals surface area contributed by atoms with E-state index in [1.54, 1.807) is 6.07 Å². The molecule has 1 aromatic carbocycles. The lowest BCUT2D eigenvalue weighted by Gasteiger charge is -2.09. The van der Waals surface area contributed by atoms with Crippen molar-refractivity contribution in [2.24, 2.45) is 0 Å². The van der Waals surface area contributed by atoms with E-state index in [4.69, 9.17) is 5.11 Å². The van der Waals surface area contributed by atoms with Crippen LogP contribution < -0.4 is 5.56 Å². The zero-order valence-corrected chi connectivity index (χ0v) is 10.2. The smallest absolute Gasteiger partial charge is 0.341 e. The van der Waals surface area contributed by atoms with Gasteiger partial charge >= 0.3 is 5.97 Å². The molecule has 0 fully saturated rings. The van der Waals surface area contributed by atoms with Crippen LogP contribution in [0.25, 0.3) is 11.1 Å². The number of H-pyrrole nitrogens is 1. The maximum atomic E-state index is 11.6. The Balaban J connectivity index is 2.75. The summed E-state index contributed by atoms with van der Waals surface area (Å²) in [6.07, 6.45) is 1.46. The van der Waals surface area contributed by atoms with Crippen LogP contribution in [0.15, 0.2) is 35.3 Å². The number of carboxylic acids is 1. The Bertz CT molecular complexity index is 671. The quantitative estimate of drug-likeness (QED) is 0.850. The largest absolute Gasteiger partial charge is 0.477 e. The lowest BCUT2D eigenvalue weighted by Crippen LogP contribution is -2.18. The first-order chi connectivity index (χ1) is 8.50. The van der Waals surface area contributed by atoms with Gasteiger partial charge in [0.2, 0.25) is 0 Å². The number of carbonyl (C=O) groups is 1. The monoisotopic (exact) mass is 243 g/mol. The van der Waals surface area contributed by atoms with Crippen molar-refractivity contribution < 1.29 is 9.90 Å². The molecular formula is C14H13NO3. The standard InChI is InChI=1S/C14H13NO3/c1-8-3-4-10(9(2)7-8)11-5-6-15-13(16)12(11)14(17)18/h3-7H,1-2H3,(H,15,16)(H,17,18). The second-order valence-electron chi connectivity index (χ2n) is 4.22. The highest BCUT2D eigenvalue weighted by atomic mass is 16.4. The summed E-state index contributed by atoms with van der Waals surface area (Å²) in [6, 6.07) is 7.31. The number of nitrogens with one attached hydrogen (secondary N) is 1. The molecule has 2 rings (SSSR count). The molecule has 0 saturated carbocycles. The summed E-state index contributed by atoms with van der Waals surface area (Å²) in [5.74, 6) is -1.22. The van der Waals surface area contributed by atoms with Crippen LogP contribution in [-0.2, 0) is 0 Å². The number of aryl methyl sites for hydroxylation is 2. The highest BCUT2D eigenvalue weighted by molar-refractivity contribution is 5.95. The van der Waals surface area contributed by atoms with Gasteiger partial charge in [0.25, 0.3) is 5.56 Å². The predicted octanol–water partition coefficient (Wildman–Crippen LogP) is 2.36. The molecule has 92 valence electrons. The normalized spacial score (nSPS) is 10.3. The molecule has 0 aliphatic heterocycles. The average molecular weight is 243 g/mol. The fourth-order valence-corrected chi connectivity index (χ4v) is 2.03. The first kappa shape index (κ1) is 12.1. The summed E-state index contributed by atoms with van der Waals surface area (Å²) < 4.78 is 0. The highest BCUT2D eigenvalue weighted by Crippen LogP contribution is 2.25. The molecule has 4 heteroatoms. The van der Waals surface area contributed by atoms with Gasteiger partial charge in [-0.05, 0) is 31.0 Å². The first-order valence-corrected chi connectivity index (χ1v) is 5.53. The predicted molar refractivity (Wildman–Crippen MR) is 68.9 cm³/mol. The van der Waals surface area contributed by atoms with Crippen LogP contribution in [0.2, 0.25) is 0 Å². The Hall–Kier alpha value is -2.36. The average Bonchev–Trinajstić information content (AvgIpc) is 2.28. The number of benzene rings is 1. The van der Waals surface area contributed by atoms with Gasteiger partial charge < -0.3 is 10.1 Å². The summed E-state index contributed by atoms with van der Waals surface area (Å²) in [5, 5.41) is 9.13. The summed E-state index contributed by atoms with van der Waals surface area (Å²) >= 11 is 0. The van der Waals surface area contributed by atoms with Gasteiger partial charge in [-0.3, -0.25) is 4.79 Å². The summed E-state index contributed by atoms with van der Waals surface area (Å²) in [7, 11) is 0. The molecule has 2 aromatic rings. The summed E-state index contributed by atoms with van der Waals surface area (Å²) in [6.45, 7) is 3.86. The molecule has 0 atom stereocenters. The summed E-state index contributed by atoms with van der Waals surface area (Å²) in [4.78, 5) is 25.2. The van der Waals surface area contributed by atoms with Gasteiger partial charge in [-0.15, -0.1) is 0 Å². The molecule has 0 aliphatic carbocycles. The van der Waals surface area contributed by atoms with E-state index in [1.807, 2.05) is 32.0 Å². The Labute approximate surface area is 104 Å². The van der Waals surface area contributed by atoms with Crippen molar-refractivity contribution in [1.29, 1.82) is 0 Å². The number of aromatic amines is 1. The van der Waals surface area contributed by atoms with E-state index in [9.17, 15) is 9.59 Å². The minimum absolute atomic E-state index is 0.218.